The smallest absolute Gasteiger partial charge is 0.187 e. The Hall–Kier alpha value is -1.81. The summed E-state index contributed by atoms with van der Waals surface area (Å²) in [6.45, 7) is 4.31. The summed E-state index contributed by atoms with van der Waals surface area (Å²) in [5, 5.41) is 0. The lowest BCUT2D eigenvalue weighted by atomic mass is 9.94. The Balaban J connectivity index is 1.48. The first-order valence-electron chi connectivity index (χ1n) is 9.61. The summed E-state index contributed by atoms with van der Waals surface area (Å²) in [7, 11) is 4.01. The molecule has 1 aliphatic heterocycles. The van der Waals surface area contributed by atoms with Gasteiger partial charge in [0.15, 0.2) is 5.78 Å². The average Bonchev–Trinajstić information content (AvgIpc) is 2.67. The number of benzene rings is 1. The second-order valence-electron chi connectivity index (χ2n) is 7.49. The molecule has 4 nitrogen and oxygen atoms in total. The van der Waals surface area contributed by atoms with Gasteiger partial charge in [0, 0.05) is 69.8 Å². The summed E-state index contributed by atoms with van der Waals surface area (Å²) in [5.74, 6) is 0.0833. The SMILES string of the molecule is CN(C)c1ccc(C(=O)C=CN2CCN(C3CCCCC3)CC2)cc1. The van der Waals surface area contributed by atoms with Crippen LogP contribution in [-0.4, -0.2) is 61.9 Å². The Kier molecular flexibility index (Phi) is 6.14. The van der Waals surface area contributed by atoms with Crippen LogP contribution in [0.2, 0.25) is 0 Å². The number of hydrogen-bond acceptors (Lipinski definition) is 4. The van der Waals surface area contributed by atoms with Gasteiger partial charge in [0.1, 0.15) is 0 Å². The maximum atomic E-state index is 12.3. The van der Waals surface area contributed by atoms with Crippen LogP contribution in [0.25, 0.3) is 0 Å². The van der Waals surface area contributed by atoms with Crippen molar-refractivity contribution >= 4 is 11.5 Å². The Morgan fingerprint density at radius 1 is 1.00 bits per heavy atom. The molecule has 1 saturated carbocycles. The van der Waals surface area contributed by atoms with Crippen LogP contribution >= 0.6 is 0 Å². The van der Waals surface area contributed by atoms with Crippen LogP contribution in [0.5, 0.6) is 0 Å². The fraction of sp³-hybridized carbons (Fsp3) is 0.571. The molecule has 136 valence electrons. The third kappa shape index (κ3) is 4.85. The van der Waals surface area contributed by atoms with Crippen LogP contribution < -0.4 is 4.90 Å². The number of piperazine rings is 1. The highest BCUT2D eigenvalue weighted by atomic mass is 16.1. The number of rotatable bonds is 5. The van der Waals surface area contributed by atoms with E-state index in [0.717, 1.165) is 43.5 Å². The van der Waals surface area contributed by atoms with Crippen LogP contribution in [0, 0.1) is 0 Å². The second kappa shape index (κ2) is 8.52. The maximum Gasteiger partial charge on any atom is 0.187 e. The molecule has 1 aliphatic carbocycles. The third-order valence-electron chi connectivity index (χ3n) is 5.54. The molecule has 0 radical (unpaired) electrons. The van der Waals surface area contributed by atoms with Crippen molar-refractivity contribution in [1.29, 1.82) is 0 Å². The minimum atomic E-state index is 0.0833. The lowest BCUT2D eigenvalue weighted by Crippen LogP contribution is -2.49. The first-order valence-corrected chi connectivity index (χ1v) is 9.61. The molecule has 0 N–H and O–H groups in total. The van der Waals surface area contributed by atoms with E-state index in [-0.39, 0.29) is 5.78 Å². The molecule has 25 heavy (non-hydrogen) atoms. The normalized spacial score (nSPS) is 20.2. The van der Waals surface area contributed by atoms with Gasteiger partial charge in [-0.05, 0) is 37.1 Å². The largest absolute Gasteiger partial charge is 0.378 e. The van der Waals surface area contributed by atoms with E-state index in [1.54, 1.807) is 6.08 Å². The summed E-state index contributed by atoms with van der Waals surface area (Å²) in [4.78, 5) is 19.3. The summed E-state index contributed by atoms with van der Waals surface area (Å²) in [5.41, 5.74) is 1.86. The van der Waals surface area contributed by atoms with E-state index in [2.05, 4.69) is 9.80 Å². The zero-order valence-electron chi connectivity index (χ0n) is 15.7. The van der Waals surface area contributed by atoms with Gasteiger partial charge in [-0.1, -0.05) is 19.3 Å². The van der Waals surface area contributed by atoms with Crippen LogP contribution in [0.15, 0.2) is 36.5 Å². The molecule has 1 heterocycles. The molecule has 4 heteroatoms. The molecule has 1 saturated heterocycles. The van der Waals surface area contributed by atoms with Crippen molar-refractivity contribution in [2.24, 2.45) is 0 Å². The minimum absolute atomic E-state index is 0.0833. The van der Waals surface area contributed by atoms with E-state index in [1.807, 2.05) is 49.5 Å². The van der Waals surface area contributed by atoms with Crippen molar-refractivity contribution in [2.75, 3.05) is 45.2 Å². The van der Waals surface area contributed by atoms with E-state index in [1.165, 1.54) is 32.1 Å². The molecule has 1 aromatic rings. The predicted octanol–water partition coefficient (Wildman–Crippen LogP) is 3.40. The Labute approximate surface area is 152 Å². The third-order valence-corrected chi connectivity index (χ3v) is 5.54. The summed E-state index contributed by atoms with van der Waals surface area (Å²) in [6.07, 6.45) is 10.7. The zero-order chi connectivity index (χ0) is 17.6. The summed E-state index contributed by atoms with van der Waals surface area (Å²) in [6, 6.07) is 8.59. The first kappa shape index (κ1) is 18.0. The molecule has 3 rings (SSSR count). The van der Waals surface area contributed by atoms with Gasteiger partial charge >= 0.3 is 0 Å². The Bertz CT molecular complexity index is 580. The number of carbonyl (C=O) groups is 1. The molecule has 0 bridgehead atoms. The predicted molar refractivity (Wildman–Crippen MR) is 104 cm³/mol. The van der Waals surface area contributed by atoms with Gasteiger partial charge in [0.25, 0.3) is 0 Å². The van der Waals surface area contributed by atoms with E-state index < -0.39 is 0 Å². The van der Waals surface area contributed by atoms with Crippen molar-refractivity contribution in [2.45, 2.75) is 38.1 Å². The maximum absolute atomic E-state index is 12.3. The van der Waals surface area contributed by atoms with Gasteiger partial charge in [-0.15, -0.1) is 0 Å². The number of anilines is 1. The molecule has 2 fully saturated rings. The highest BCUT2D eigenvalue weighted by Gasteiger charge is 2.24. The topological polar surface area (TPSA) is 26.8 Å². The van der Waals surface area contributed by atoms with Gasteiger partial charge in [0.05, 0.1) is 0 Å². The fourth-order valence-electron chi connectivity index (χ4n) is 3.89. The van der Waals surface area contributed by atoms with Crippen molar-refractivity contribution in [3.8, 4) is 0 Å². The standard InChI is InChI=1S/C21H31N3O/c1-22(2)19-10-8-18(9-11-19)21(25)12-13-23-14-16-24(17-15-23)20-6-4-3-5-7-20/h8-13,20H,3-7,14-17H2,1-2H3. The van der Waals surface area contributed by atoms with E-state index in [0.29, 0.717) is 0 Å². The van der Waals surface area contributed by atoms with E-state index in [9.17, 15) is 4.79 Å². The molecule has 0 spiro atoms. The second-order valence-corrected chi connectivity index (χ2v) is 7.49. The van der Waals surface area contributed by atoms with E-state index in [4.69, 9.17) is 0 Å². The average molecular weight is 341 g/mol. The van der Waals surface area contributed by atoms with Crippen molar-refractivity contribution in [1.82, 2.24) is 9.80 Å². The van der Waals surface area contributed by atoms with Crippen LogP contribution in [0.3, 0.4) is 0 Å². The Morgan fingerprint density at radius 2 is 1.64 bits per heavy atom. The van der Waals surface area contributed by atoms with Gasteiger partial charge < -0.3 is 9.80 Å². The highest BCUT2D eigenvalue weighted by Crippen LogP contribution is 2.23. The van der Waals surface area contributed by atoms with Crippen LogP contribution in [0.4, 0.5) is 5.69 Å². The zero-order valence-corrected chi connectivity index (χ0v) is 15.7. The Morgan fingerprint density at radius 3 is 2.24 bits per heavy atom. The molecular weight excluding hydrogens is 310 g/mol. The minimum Gasteiger partial charge on any atom is -0.378 e. The molecule has 0 aromatic heterocycles. The number of hydrogen-bond donors (Lipinski definition) is 0. The lowest BCUT2D eigenvalue weighted by molar-refractivity contribution is 0.0977. The number of carbonyl (C=O) groups excluding carboxylic acids is 1. The highest BCUT2D eigenvalue weighted by molar-refractivity contribution is 6.04. The van der Waals surface area contributed by atoms with Gasteiger partial charge in [0.2, 0.25) is 0 Å². The van der Waals surface area contributed by atoms with E-state index >= 15 is 0 Å². The van der Waals surface area contributed by atoms with Crippen LogP contribution in [-0.2, 0) is 0 Å². The molecule has 2 aliphatic rings. The molecule has 0 atom stereocenters. The van der Waals surface area contributed by atoms with Crippen LogP contribution in [0.1, 0.15) is 42.5 Å². The monoisotopic (exact) mass is 341 g/mol. The van der Waals surface area contributed by atoms with Crippen molar-refractivity contribution < 1.29 is 4.79 Å². The molecule has 1 aromatic carbocycles. The number of allylic oxidation sites excluding steroid dienone is 1. The molecule has 0 unspecified atom stereocenters. The number of nitrogens with zero attached hydrogens (tertiary/aromatic N) is 3. The molecular formula is C21H31N3O. The van der Waals surface area contributed by atoms with Gasteiger partial charge in [-0.3, -0.25) is 9.69 Å². The summed E-state index contributed by atoms with van der Waals surface area (Å²) < 4.78 is 0. The van der Waals surface area contributed by atoms with Crippen molar-refractivity contribution in [3.05, 3.63) is 42.1 Å². The van der Waals surface area contributed by atoms with Gasteiger partial charge in [-0.2, -0.15) is 0 Å². The lowest BCUT2D eigenvalue weighted by Gasteiger charge is -2.40. The summed E-state index contributed by atoms with van der Waals surface area (Å²) >= 11 is 0. The fourth-order valence-corrected chi connectivity index (χ4v) is 3.89. The van der Waals surface area contributed by atoms with Crippen molar-refractivity contribution in [3.63, 3.8) is 0 Å². The first-order chi connectivity index (χ1) is 12.1. The van der Waals surface area contributed by atoms with Gasteiger partial charge in [-0.25, -0.2) is 0 Å². The quantitative estimate of drug-likeness (QED) is 0.606. The number of ketones is 1. The molecule has 0 amide bonds.